The molecule has 0 saturated carbocycles. The molecule has 0 radical (unpaired) electrons. The van der Waals surface area contributed by atoms with Crippen LogP contribution in [-0.4, -0.2) is 51.9 Å². The zero-order valence-corrected chi connectivity index (χ0v) is 16.0. The summed E-state index contributed by atoms with van der Waals surface area (Å²) in [5, 5.41) is 8.13. The topological polar surface area (TPSA) is 84.5 Å². The lowest BCUT2D eigenvalue weighted by atomic mass is 10.2. The van der Waals surface area contributed by atoms with E-state index in [-0.39, 0.29) is 22.2 Å². The Morgan fingerprint density at radius 2 is 1.86 bits per heavy atom. The Balaban J connectivity index is 1.50. The van der Waals surface area contributed by atoms with E-state index in [4.69, 9.17) is 16.1 Å². The van der Waals surface area contributed by atoms with Crippen LogP contribution in [0.1, 0.15) is 16.2 Å². The summed E-state index contributed by atoms with van der Waals surface area (Å²) >= 11 is 6.36. The molecule has 1 amide bonds. The fraction of sp³-hybridized carbons (Fsp3) is 0.263. The first-order chi connectivity index (χ1) is 13.5. The molecule has 1 aliphatic heterocycles. The van der Waals surface area contributed by atoms with Gasteiger partial charge in [0.1, 0.15) is 5.02 Å². The zero-order chi connectivity index (χ0) is 19.7. The number of benzene rings is 1. The van der Waals surface area contributed by atoms with Crippen molar-refractivity contribution in [3.8, 4) is 5.69 Å². The first-order valence-electron chi connectivity index (χ1n) is 8.85. The van der Waals surface area contributed by atoms with Gasteiger partial charge >= 0.3 is 0 Å². The molecule has 0 N–H and O–H groups in total. The highest BCUT2D eigenvalue weighted by atomic mass is 35.5. The Bertz CT molecular complexity index is 1050. The molecular formula is C19H18ClN5O3. The third-order valence-electron chi connectivity index (χ3n) is 4.65. The zero-order valence-electron chi connectivity index (χ0n) is 15.2. The number of nitrogens with zero attached hydrogens (tertiary/aromatic N) is 5. The van der Waals surface area contributed by atoms with Crippen molar-refractivity contribution in [1.82, 2.24) is 19.8 Å². The summed E-state index contributed by atoms with van der Waals surface area (Å²) in [6, 6.07) is 10.7. The van der Waals surface area contributed by atoms with E-state index in [1.165, 1.54) is 4.68 Å². The maximum absolute atomic E-state index is 12.7. The van der Waals surface area contributed by atoms with Crippen molar-refractivity contribution in [2.75, 3.05) is 31.1 Å². The lowest BCUT2D eigenvalue weighted by Gasteiger charge is -2.35. The van der Waals surface area contributed by atoms with E-state index in [1.54, 1.807) is 36.2 Å². The van der Waals surface area contributed by atoms with Crippen LogP contribution in [0.25, 0.3) is 5.69 Å². The number of amides is 1. The second-order valence-corrected chi connectivity index (χ2v) is 6.89. The van der Waals surface area contributed by atoms with Crippen LogP contribution >= 0.6 is 11.6 Å². The number of para-hydroxylation sites is 1. The molecule has 28 heavy (non-hydrogen) atoms. The molecule has 144 valence electrons. The summed E-state index contributed by atoms with van der Waals surface area (Å²) in [6.45, 7) is 3.81. The maximum atomic E-state index is 12.7. The van der Waals surface area contributed by atoms with E-state index in [9.17, 15) is 9.59 Å². The molecule has 0 unspecified atom stereocenters. The van der Waals surface area contributed by atoms with E-state index in [0.29, 0.717) is 43.2 Å². The van der Waals surface area contributed by atoms with E-state index >= 15 is 0 Å². The normalized spacial score (nSPS) is 14.4. The molecule has 1 fully saturated rings. The molecular weight excluding hydrogens is 382 g/mol. The number of aromatic nitrogens is 3. The highest BCUT2D eigenvalue weighted by Gasteiger charge is 2.26. The van der Waals surface area contributed by atoms with E-state index in [2.05, 4.69) is 10.3 Å². The first kappa shape index (κ1) is 18.2. The first-order valence-corrected chi connectivity index (χ1v) is 9.23. The van der Waals surface area contributed by atoms with Crippen LogP contribution in [0, 0.1) is 6.92 Å². The van der Waals surface area contributed by atoms with E-state index in [0.717, 1.165) is 0 Å². The SMILES string of the molecule is Cc1cc(C(=O)N2CCN(c3cnn(-c4ccccc4)c(=O)c3Cl)CC2)on1. The Labute approximate surface area is 165 Å². The summed E-state index contributed by atoms with van der Waals surface area (Å²) in [5.74, 6) is 0.0417. The predicted octanol–water partition coefficient (Wildman–Crippen LogP) is 2.14. The van der Waals surface area contributed by atoms with Gasteiger partial charge in [-0.05, 0) is 19.1 Å². The smallest absolute Gasteiger partial charge is 0.292 e. The number of anilines is 1. The second kappa shape index (κ2) is 7.47. The van der Waals surface area contributed by atoms with Crippen molar-refractivity contribution in [2.24, 2.45) is 0 Å². The fourth-order valence-electron chi connectivity index (χ4n) is 3.17. The standard InChI is InChI=1S/C19H18ClN5O3/c1-13-11-16(28-22-13)18(26)24-9-7-23(8-10-24)15-12-21-25(19(27)17(15)20)14-5-3-2-4-6-14/h2-6,11-12H,7-10H2,1H3. The highest BCUT2D eigenvalue weighted by Crippen LogP contribution is 2.23. The molecule has 1 aromatic carbocycles. The van der Waals surface area contributed by atoms with E-state index < -0.39 is 0 Å². The van der Waals surface area contributed by atoms with Gasteiger partial charge in [-0.25, -0.2) is 0 Å². The number of carbonyl (C=O) groups excluding carboxylic acids is 1. The summed E-state index contributed by atoms with van der Waals surface area (Å²) in [7, 11) is 0. The average Bonchev–Trinajstić information content (AvgIpc) is 3.16. The second-order valence-electron chi connectivity index (χ2n) is 6.51. The molecule has 1 saturated heterocycles. The van der Waals surface area contributed by atoms with Crippen molar-refractivity contribution < 1.29 is 9.32 Å². The Hall–Kier alpha value is -3.13. The van der Waals surface area contributed by atoms with Crippen LogP contribution in [0.4, 0.5) is 5.69 Å². The summed E-state index contributed by atoms with van der Waals surface area (Å²) in [5.41, 5.74) is 1.51. The Morgan fingerprint density at radius 1 is 1.14 bits per heavy atom. The van der Waals surface area contributed by atoms with Gasteiger partial charge in [0.05, 0.1) is 23.3 Å². The predicted molar refractivity (Wildman–Crippen MR) is 104 cm³/mol. The van der Waals surface area contributed by atoms with Crippen molar-refractivity contribution in [2.45, 2.75) is 6.92 Å². The van der Waals surface area contributed by atoms with Crippen molar-refractivity contribution >= 4 is 23.2 Å². The van der Waals surface area contributed by atoms with Gasteiger partial charge in [0, 0.05) is 32.2 Å². The van der Waals surface area contributed by atoms with Crippen LogP contribution < -0.4 is 10.5 Å². The molecule has 9 heteroatoms. The van der Waals surface area contributed by atoms with Gasteiger partial charge in [-0.1, -0.05) is 35.0 Å². The quantitative estimate of drug-likeness (QED) is 0.671. The minimum absolute atomic E-state index is 0.115. The van der Waals surface area contributed by atoms with Gasteiger partial charge in [0.2, 0.25) is 5.76 Å². The Kier molecular flexibility index (Phi) is 4.87. The van der Waals surface area contributed by atoms with Crippen LogP contribution in [0.15, 0.2) is 51.9 Å². The average molecular weight is 400 g/mol. The minimum Gasteiger partial charge on any atom is -0.365 e. The van der Waals surface area contributed by atoms with Crippen LogP contribution in [-0.2, 0) is 0 Å². The third kappa shape index (κ3) is 3.38. The molecule has 1 aliphatic rings. The van der Waals surface area contributed by atoms with Gasteiger partial charge < -0.3 is 14.3 Å². The number of rotatable bonds is 3. The number of hydrogen-bond acceptors (Lipinski definition) is 6. The van der Waals surface area contributed by atoms with Gasteiger partial charge in [-0.2, -0.15) is 9.78 Å². The molecule has 4 rings (SSSR count). The van der Waals surface area contributed by atoms with Gasteiger partial charge in [0.15, 0.2) is 0 Å². The van der Waals surface area contributed by atoms with Crippen LogP contribution in [0.3, 0.4) is 0 Å². The monoisotopic (exact) mass is 399 g/mol. The molecule has 0 atom stereocenters. The summed E-state index contributed by atoms with van der Waals surface area (Å²) in [6.07, 6.45) is 1.59. The van der Waals surface area contributed by atoms with Crippen LogP contribution in [0.2, 0.25) is 5.02 Å². The number of halogens is 1. The molecule has 0 aliphatic carbocycles. The van der Waals surface area contributed by atoms with Crippen molar-refractivity contribution in [3.63, 3.8) is 0 Å². The van der Waals surface area contributed by atoms with E-state index in [1.807, 2.05) is 23.1 Å². The Morgan fingerprint density at radius 3 is 2.50 bits per heavy atom. The lowest BCUT2D eigenvalue weighted by molar-refractivity contribution is 0.0704. The maximum Gasteiger partial charge on any atom is 0.292 e. The molecule has 8 nitrogen and oxygen atoms in total. The molecule has 0 spiro atoms. The summed E-state index contributed by atoms with van der Waals surface area (Å²) < 4.78 is 6.33. The van der Waals surface area contributed by atoms with Gasteiger partial charge in [-0.15, -0.1) is 0 Å². The van der Waals surface area contributed by atoms with Crippen molar-refractivity contribution in [1.29, 1.82) is 0 Å². The number of piperazine rings is 1. The number of hydrogen-bond donors (Lipinski definition) is 0. The summed E-state index contributed by atoms with van der Waals surface area (Å²) in [4.78, 5) is 28.8. The van der Waals surface area contributed by atoms with Gasteiger partial charge in [0.25, 0.3) is 11.5 Å². The molecule has 0 bridgehead atoms. The van der Waals surface area contributed by atoms with Gasteiger partial charge in [-0.3, -0.25) is 9.59 Å². The largest absolute Gasteiger partial charge is 0.365 e. The van der Waals surface area contributed by atoms with Crippen molar-refractivity contribution in [3.05, 3.63) is 69.4 Å². The number of carbonyl (C=O) groups is 1. The molecule has 2 aromatic heterocycles. The van der Waals surface area contributed by atoms with Crippen LogP contribution in [0.5, 0.6) is 0 Å². The third-order valence-corrected chi connectivity index (χ3v) is 5.00. The highest BCUT2D eigenvalue weighted by molar-refractivity contribution is 6.33. The number of aryl methyl sites for hydroxylation is 1. The minimum atomic E-state index is -0.374. The molecule has 3 aromatic rings. The fourth-order valence-corrected chi connectivity index (χ4v) is 3.42. The lowest BCUT2D eigenvalue weighted by Crippen LogP contribution is -2.49. The molecule has 3 heterocycles.